The van der Waals surface area contributed by atoms with Gasteiger partial charge in [-0.1, -0.05) is 19.4 Å². The molecule has 2 heterocycles. The number of benzene rings is 1. The van der Waals surface area contributed by atoms with Crippen molar-refractivity contribution in [3.05, 3.63) is 18.2 Å². The van der Waals surface area contributed by atoms with Gasteiger partial charge in [0.2, 0.25) is 10.0 Å². The molecule has 0 bridgehead atoms. The van der Waals surface area contributed by atoms with E-state index >= 15 is 0 Å². The Bertz CT molecular complexity index is 759. The fourth-order valence-electron chi connectivity index (χ4n) is 3.22. The Morgan fingerprint density at radius 1 is 1.35 bits per heavy atom. The van der Waals surface area contributed by atoms with Crippen LogP contribution in [0.25, 0.3) is 11.0 Å². The van der Waals surface area contributed by atoms with Gasteiger partial charge in [-0.3, -0.25) is 4.90 Å². The highest BCUT2D eigenvalue weighted by Gasteiger charge is 2.23. The van der Waals surface area contributed by atoms with E-state index in [1.165, 1.54) is 25.3 Å². The predicted molar refractivity (Wildman–Crippen MR) is 86.5 cm³/mol. The van der Waals surface area contributed by atoms with Crippen molar-refractivity contribution in [1.29, 1.82) is 0 Å². The highest BCUT2D eigenvalue weighted by Crippen LogP contribution is 2.20. The lowest BCUT2D eigenvalue weighted by Crippen LogP contribution is -2.43. The highest BCUT2D eigenvalue weighted by atomic mass is 32.2. The van der Waals surface area contributed by atoms with Gasteiger partial charge in [-0.15, -0.1) is 0 Å². The Hall–Kier alpha value is -1.51. The number of aromatic nitrogens is 2. The molecule has 0 amide bonds. The quantitative estimate of drug-likeness (QED) is 0.863. The van der Waals surface area contributed by atoms with Gasteiger partial charge in [0.15, 0.2) is 5.52 Å². The van der Waals surface area contributed by atoms with Crippen LogP contribution in [0, 0.1) is 0 Å². The maximum absolute atomic E-state index is 12.5. The van der Waals surface area contributed by atoms with Crippen LogP contribution in [0.4, 0.5) is 0 Å². The van der Waals surface area contributed by atoms with Crippen molar-refractivity contribution in [1.82, 2.24) is 19.9 Å². The van der Waals surface area contributed by atoms with Crippen molar-refractivity contribution in [2.75, 3.05) is 19.6 Å². The Kier molecular flexibility index (Phi) is 4.93. The van der Waals surface area contributed by atoms with Gasteiger partial charge in [-0.25, -0.2) is 17.8 Å². The predicted octanol–water partition coefficient (Wildman–Crippen LogP) is 1.77. The van der Waals surface area contributed by atoms with Crippen LogP contribution in [0.2, 0.25) is 0 Å². The fraction of sp³-hybridized carbons (Fsp3) is 0.600. The summed E-state index contributed by atoms with van der Waals surface area (Å²) in [5.41, 5.74) is 0.708. The van der Waals surface area contributed by atoms with E-state index in [1.807, 2.05) is 0 Å². The van der Waals surface area contributed by atoms with E-state index in [0.29, 0.717) is 18.1 Å². The number of nitrogens with zero attached hydrogens (tertiary/aromatic N) is 3. The molecule has 0 aliphatic carbocycles. The smallest absolute Gasteiger partial charge is 0.242 e. The second kappa shape index (κ2) is 6.94. The minimum Gasteiger partial charge on any atom is -0.299 e. The third-order valence-corrected chi connectivity index (χ3v) is 5.94. The van der Waals surface area contributed by atoms with Gasteiger partial charge in [-0.2, -0.15) is 0 Å². The molecule has 8 heteroatoms. The molecule has 1 atom stereocenters. The summed E-state index contributed by atoms with van der Waals surface area (Å²) < 4.78 is 32.3. The lowest BCUT2D eigenvalue weighted by Gasteiger charge is -2.35. The molecule has 1 unspecified atom stereocenters. The van der Waals surface area contributed by atoms with Crippen LogP contribution in [-0.2, 0) is 10.0 Å². The van der Waals surface area contributed by atoms with Gasteiger partial charge in [-0.05, 0) is 48.3 Å². The molecule has 1 aliphatic rings. The molecule has 1 fully saturated rings. The maximum atomic E-state index is 12.5. The van der Waals surface area contributed by atoms with Crippen LogP contribution < -0.4 is 4.72 Å². The van der Waals surface area contributed by atoms with Crippen LogP contribution in [0.1, 0.15) is 32.6 Å². The molecule has 23 heavy (non-hydrogen) atoms. The zero-order valence-corrected chi connectivity index (χ0v) is 14.1. The minimum absolute atomic E-state index is 0.113. The van der Waals surface area contributed by atoms with Crippen LogP contribution in [-0.4, -0.2) is 49.3 Å². The third kappa shape index (κ3) is 3.54. The van der Waals surface area contributed by atoms with Gasteiger partial charge in [0.25, 0.3) is 0 Å². The average molecular weight is 338 g/mol. The Morgan fingerprint density at radius 3 is 3.04 bits per heavy atom. The van der Waals surface area contributed by atoms with Gasteiger partial charge in [0.05, 0.1) is 0 Å². The molecule has 0 radical (unpaired) electrons. The largest absolute Gasteiger partial charge is 0.299 e. The second-order valence-electron chi connectivity index (χ2n) is 5.88. The summed E-state index contributed by atoms with van der Waals surface area (Å²) in [5.74, 6) is 0. The van der Waals surface area contributed by atoms with Crippen LogP contribution in [0.5, 0.6) is 0 Å². The number of fused-ring (bicyclic) bond motifs is 1. The topological polar surface area (TPSA) is 88.3 Å². The third-order valence-electron chi connectivity index (χ3n) is 4.45. The Labute approximate surface area is 136 Å². The van der Waals surface area contributed by atoms with E-state index in [2.05, 4.69) is 31.5 Å². The van der Waals surface area contributed by atoms with Crippen molar-refractivity contribution in [3.63, 3.8) is 0 Å². The zero-order chi connectivity index (χ0) is 16.3. The molecular formula is C15H22N4O3S. The Balaban J connectivity index is 1.66. The molecule has 3 rings (SSSR count). The first-order chi connectivity index (χ1) is 11.1. The number of hydrogen-bond acceptors (Lipinski definition) is 6. The molecule has 1 aliphatic heterocycles. The van der Waals surface area contributed by atoms with Crippen molar-refractivity contribution in [3.8, 4) is 0 Å². The SMILES string of the molecule is CCC1CCCCN1CCNS(=O)(=O)c1cccc2nonc12. The summed E-state index contributed by atoms with van der Waals surface area (Å²) in [5, 5.41) is 7.37. The summed E-state index contributed by atoms with van der Waals surface area (Å²) in [4.78, 5) is 2.49. The van der Waals surface area contributed by atoms with E-state index in [-0.39, 0.29) is 10.4 Å². The number of sulfonamides is 1. The molecule has 1 aromatic carbocycles. The normalized spacial score (nSPS) is 20.1. The molecule has 2 aromatic rings. The van der Waals surface area contributed by atoms with Crippen LogP contribution >= 0.6 is 0 Å². The molecule has 1 saturated heterocycles. The lowest BCUT2D eigenvalue weighted by atomic mass is 10.0. The second-order valence-corrected chi connectivity index (χ2v) is 7.62. The number of nitrogens with one attached hydrogen (secondary N) is 1. The monoisotopic (exact) mass is 338 g/mol. The van der Waals surface area contributed by atoms with Gasteiger partial charge in [0, 0.05) is 19.1 Å². The summed E-state index contributed by atoms with van der Waals surface area (Å²) in [6.07, 6.45) is 4.76. The first-order valence-electron chi connectivity index (χ1n) is 8.07. The average Bonchev–Trinajstić information content (AvgIpc) is 3.03. The molecule has 1 N–H and O–H groups in total. The first-order valence-corrected chi connectivity index (χ1v) is 9.55. The van der Waals surface area contributed by atoms with Crippen LogP contribution in [0.3, 0.4) is 0 Å². The minimum atomic E-state index is -3.62. The van der Waals surface area contributed by atoms with E-state index < -0.39 is 10.0 Å². The summed E-state index contributed by atoms with van der Waals surface area (Å²) >= 11 is 0. The highest BCUT2D eigenvalue weighted by molar-refractivity contribution is 7.89. The molecule has 0 spiro atoms. The first kappa shape index (κ1) is 16.4. The molecule has 1 aromatic heterocycles. The van der Waals surface area contributed by atoms with Gasteiger partial charge >= 0.3 is 0 Å². The van der Waals surface area contributed by atoms with E-state index in [9.17, 15) is 8.42 Å². The summed E-state index contributed by atoms with van der Waals surface area (Å²) in [7, 11) is -3.62. The molecule has 7 nitrogen and oxygen atoms in total. The van der Waals surface area contributed by atoms with Gasteiger partial charge < -0.3 is 0 Å². The standard InChI is InChI=1S/C15H22N4O3S/c1-2-12-6-3-4-10-19(12)11-9-16-23(20,21)14-8-5-7-13-15(14)18-22-17-13/h5,7-8,12,16H,2-4,6,9-11H2,1H3. The number of likely N-dealkylation sites (tertiary alicyclic amines) is 1. The molecule has 126 valence electrons. The van der Waals surface area contributed by atoms with E-state index in [0.717, 1.165) is 19.5 Å². The molecular weight excluding hydrogens is 316 g/mol. The zero-order valence-electron chi connectivity index (χ0n) is 13.2. The maximum Gasteiger partial charge on any atom is 0.242 e. The Morgan fingerprint density at radius 2 is 2.22 bits per heavy atom. The van der Waals surface area contributed by atoms with E-state index in [4.69, 9.17) is 0 Å². The van der Waals surface area contributed by atoms with Crippen molar-refractivity contribution < 1.29 is 13.0 Å². The number of rotatable bonds is 6. The number of piperidine rings is 1. The summed E-state index contributed by atoms with van der Waals surface area (Å²) in [6, 6.07) is 5.39. The van der Waals surface area contributed by atoms with Crippen molar-refractivity contribution >= 4 is 21.1 Å². The molecule has 0 saturated carbocycles. The fourth-order valence-corrected chi connectivity index (χ4v) is 4.39. The lowest BCUT2D eigenvalue weighted by molar-refractivity contribution is 0.147. The van der Waals surface area contributed by atoms with Crippen molar-refractivity contribution in [2.45, 2.75) is 43.5 Å². The number of hydrogen-bond donors (Lipinski definition) is 1. The van der Waals surface area contributed by atoms with Gasteiger partial charge in [0.1, 0.15) is 10.4 Å². The van der Waals surface area contributed by atoms with E-state index in [1.54, 1.807) is 12.1 Å². The van der Waals surface area contributed by atoms with Crippen LogP contribution in [0.15, 0.2) is 27.7 Å². The van der Waals surface area contributed by atoms with Crippen molar-refractivity contribution in [2.24, 2.45) is 0 Å². The summed E-state index contributed by atoms with van der Waals surface area (Å²) in [6.45, 7) is 4.35.